The second-order valence-electron chi connectivity index (χ2n) is 5.84. The van der Waals surface area contributed by atoms with Crippen molar-refractivity contribution in [3.05, 3.63) is 42.5 Å². The lowest BCUT2D eigenvalue weighted by Gasteiger charge is -2.20. The minimum absolute atomic E-state index is 0.0297. The summed E-state index contributed by atoms with van der Waals surface area (Å²) in [6.07, 6.45) is 0. The summed E-state index contributed by atoms with van der Waals surface area (Å²) < 4.78 is 42.9. The van der Waals surface area contributed by atoms with Crippen LogP contribution < -0.4 is 9.64 Å². The Labute approximate surface area is 165 Å². The Hall–Kier alpha value is -2.49. The summed E-state index contributed by atoms with van der Waals surface area (Å²) in [5, 5.41) is 8.18. The van der Waals surface area contributed by atoms with Gasteiger partial charge in [-0.2, -0.15) is 18.6 Å². The zero-order valence-electron chi connectivity index (χ0n) is 16.2. The van der Waals surface area contributed by atoms with Gasteiger partial charge in [-0.3, -0.25) is 4.55 Å². The molecule has 0 radical (unpaired) electrons. The van der Waals surface area contributed by atoms with E-state index in [9.17, 15) is 13.0 Å². The third-order valence-electron chi connectivity index (χ3n) is 4.01. The minimum atomic E-state index is -4.47. The van der Waals surface area contributed by atoms with Crippen LogP contribution in [0.15, 0.2) is 57.6 Å². The van der Waals surface area contributed by atoms with Gasteiger partial charge in [0.05, 0.1) is 18.0 Å². The first-order chi connectivity index (χ1) is 13.4. The zero-order chi connectivity index (χ0) is 20.6. The van der Waals surface area contributed by atoms with Gasteiger partial charge in [-0.25, -0.2) is 0 Å². The Balaban J connectivity index is 2.21. The molecule has 9 heteroatoms. The quantitative estimate of drug-likeness (QED) is 0.359. The predicted octanol–water partition coefficient (Wildman–Crippen LogP) is 4.22. The van der Waals surface area contributed by atoms with Gasteiger partial charge in [0.1, 0.15) is 17.3 Å². The lowest BCUT2D eigenvalue weighted by Crippen LogP contribution is -2.21. The van der Waals surface area contributed by atoms with Crippen molar-refractivity contribution in [3.63, 3.8) is 0 Å². The Morgan fingerprint density at radius 2 is 1.57 bits per heavy atom. The summed E-state index contributed by atoms with van der Waals surface area (Å²) in [4.78, 5) is 1.85. The summed E-state index contributed by atoms with van der Waals surface area (Å²) in [5.74, 6) is 0.0297. The fourth-order valence-corrected chi connectivity index (χ4v) is 3.20. The first kappa shape index (κ1) is 21.8. The maximum atomic E-state index is 11.6. The molecule has 28 heavy (non-hydrogen) atoms. The molecule has 0 aliphatic carbocycles. The van der Waals surface area contributed by atoms with Crippen LogP contribution in [0.1, 0.15) is 13.8 Å². The van der Waals surface area contributed by atoms with Crippen molar-refractivity contribution in [2.75, 3.05) is 38.3 Å². The lowest BCUT2D eigenvalue weighted by atomic mass is 10.2. The Bertz CT molecular complexity index is 894. The molecule has 0 fully saturated rings. The van der Waals surface area contributed by atoms with Crippen molar-refractivity contribution in [2.24, 2.45) is 10.2 Å². The molecule has 2 rings (SSSR count). The van der Waals surface area contributed by atoms with Crippen LogP contribution in [0, 0.1) is 0 Å². The molecule has 8 nitrogen and oxygen atoms in total. The second kappa shape index (κ2) is 10.2. The van der Waals surface area contributed by atoms with Gasteiger partial charge in [0.15, 0.2) is 0 Å². The standard InChI is InChI=1S/C19H25N3O5S/c1-4-22(5-2)17-9-6-15(7-10-17)20-21-16-8-11-18(27-13-12-26-3)19(14-16)28(23,24)25/h6-11,14H,4-5,12-13H2,1-3H3,(H,23,24,25). The van der Waals surface area contributed by atoms with Crippen LogP contribution in [0.25, 0.3) is 0 Å². The van der Waals surface area contributed by atoms with Gasteiger partial charge in [-0.05, 0) is 56.3 Å². The predicted molar refractivity (Wildman–Crippen MR) is 108 cm³/mol. The Kier molecular flexibility index (Phi) is 7.91. The normalized spacial score (nSPS) is 11.7. The molecule has 2 aromatic rings. The summed E-state index contributed by atoms with van der Waals surface area (Å²) >= 11 is 0. The minimum Gasteiger partial charge on any atom is -0.490 e. The van der Waals surface area contributed by atoms with Crippen molar-refractivity contribution < 1.29 is 22.4 Å². The van der Waals surface area contributed by atoms with Crippen LogP contribution in [0.2, 0.25) is 0 Å². The van der Waals surface area contributed by atoms with Crippen LogP contribution >= 0.6 is 0 Å². The summed E-state index contributed by atoms with van der Waals surface area (Å²) in [6.45, 7) is 6.44. The summed E-state index contributed by atoms with van der Waals surface area (Å²) in [6, 6.07) is 11.8. The van der Waals surface area contributed by atoms with E-state index >= 15 is 0 Å². The molecule has 0 saturated carbocycles. The largest absolute Gasteiger partial charge is 0.490 e. The van der Waals surface area contributed by atoms with E-state index in [0.717, 1.165) is 18.8 Å². The molecule has 0 aliphatic heterocycles. The van der Waals surface area contributed by atoms with Crippen LogP contribution in [-0.2, 0) is 14.9 Å². The van der Waals surface area contributed by atoms with E-state index in [4.69, 9.17) is 9.47 Å². The van der Waals surface area contributed by atoms with E-state index < -0.39 is 10.1 Å². The second-order valence-corrected chi connectivity index (χ2v) is 7.23. The van der Waals surface area contributed by atoms with Crippen LogP contribution in [0.3, 0.4) is 0 Å². The molecule has 0 unspecified atom stereocenters. The van der Waals surface area contributed by atoms with Crippen LogP contribution in [0.5, 0.6) is 5.75 Å². The maximum absolute atomic E-state index is 11.6. The van der Waals surface area contributed by atoms with Crippen LogP contribution in [-0.4, -0.2) is 46.4 Å². The molecule has 0 heterocycles. The molecule has 0 spiro atoms. The van der Waals surface area contributed by atoms with Gasteiger partial charge < -0.3 is 14.4 Å². The average Bonchev–Trinajstić information content (AvgIpc) is 2.68. The van der Waals surface area contributed by atoms with Crippen molar-refractivity contribution >= 4 is 27.2 Å². The number of hydrogen-bond acceptors (Lipinski definition) is 7. The third-order valence-corrected chi connectivity index (χ3v) is 4.88. The lowest BCUT2D eigenvalue weighted by molar-refractivity contribution is 0.144. The smallest absolute Gasteiger partial charge is 0.298 e. The highest BCUT2D eigenvalue weighted by atomic mass is 32.2. The fraction of sp³-hybridized carbons (Fsp3) is 0.368. The molecule has 1 N–H and O–H groups in total. The van der Waals surface area contributed by atoms with Gasteiger partial charge in [0.2, 0.25) is 0 Å². The first-order valence-corrected chi connectivity index (χ1v) is 10.3. The Morgan fingerprint density at radius 3 is 2.14 bits per heavy atom. The maximum Gasteiger partial charge on any atom is 0.298 e. The van der Waals surface area contributed by atoms with E-state index in [0.29, 0.717) is 5.69 Å². The van der Waals surface area contributed by atoms with Crippen LogP contribution in [0.4, 0.5) is 17.1 Å². The third kappa shape index (κ3) is 6.01. The number of azo groups is 1. The van der Waals surface area contributed by atoms with Crippen molar-refractivity contribution in [2.45, 2.75) is 18.7 Å². The molecule has 0 saturated heterocycles. The van der Waals surface area contributed by atoms with E-state index in [1.54, 1.807) is 6.07 Å². The number of ether oxygens (including phenoxy) is 2. The monoisotopic (exact) mass is 407 g/mol. The highest BCUT2D eigenvalue weighted by Gasteiger charge is 2.17. The Morgan fingerprint density at radius 1 is 0.964 bits per heavy atom. The zero-order valence-corrected chi connectivity index (χ0v) is 17.0. The van der Waals surface area contributed by atoms with Gasteiger partial charge in [0.25, 0.3) is 10.1 Å². The van der Waals surface area contributed by atoms with Gasteiger partial charge in [-0.15, -0.1) is 0 Å². The number of methoxy groups -OCH3 is 1. The number of rotatable bonds is 10. The number of benzene rings is 2. The van der Waals surface area contributed by atoms with E-state index in [2.05, 4.69) is 29.0 Å². The summed E-state index contributed by atoms with van der Waals surface area (Å²) in [7, 11) is -2.97. The number of hydrogen-bond donors (Lipinski definition) is 1. The molecular weight excluding hydrogens is 382 g/mol. The van der Waals surface area contributed by atoms with Gasteiger partial charge >= 0.3 is 0 Å². The van der Waals surface area contributed by atoms with E-state index in [1.165, 1.54) is 19.2 Å². The van der Waals surface area contributed by atoms with E-state index in [1.807, 2.05) is 24.3 Å². The topological polar surface area (TPSA) is 101 Å². The summed E-state index contributed by atoms with van der Waals surface area (Å²) in [5.41, 5.74) is 2.00. The molecule has 152 valence electrons. The molecule has 2 aromatic carbocycles. The molecule has 0 aliphatic rings. The first-order valence-electron chi connectivity index (χ1n) is 8.89. The van der Waals surface area contributed by atoms with Gasteiger partial charge in [0, 0.05) is 25.9 Å². The van der Waals surface area contributed by atoms with E-state index in [-0.39, 0.29) is 29.5 Å². The van der Waals surface area contributed by atoms with Crippen molar-refractivity contribution in [1.82, 2.24) is 0 Å². The average molecular weight is 407 g/mol. The number of anilines is 1. The SMILES string of the molecule is CCN(CC)c1ccc(N=Nc2ccc(OCCOC)c(S(=O)(=O)O)c2)cc1. The molecule has 0 aromatic heterocycles. The van der Waals surface area contributed by atoms with Crippen molar-refractivity contribution in [1.29, 1.82) is 0 Å². The molecular formula is C19H25N3O5S. The molecule has 0 amide bonds. The number of nitrogens with zero attached hydrogens (tertiary/aromatic N) is 3. The van der Waals surface area contributed by atoms with Crippen molar-refractivity contribution in [3.8, 4) is 5.75 Å². The fourth-order valence-electron chi connectivity index (χ4n) is 2.55. The van der Waals surface area contributed by atoms with Gasteiger partial charge in [-0.1, -0.05) is 0 Å². The molecule has 0 atom stereocenters. The molecule has 0 bridgehead atoms. The highest BCUT2D eigenvalue weighted by molar-refractivity contribution is 7.86. The highest BCUT2D eigenvalue weighted by Crippen LogP contribution is 2.30.